The Kier molecular flexibility index (Phi) is 3.89. The summed E-state index contributed by atoms with van der Waals surface area (Å²) < 4.78 is 7.62. The van der Waals surface area contributed by atoms with Crippen molar-refractivity contribution in [1.82, 2.24) is 24.6 Å². The van der Waals surface area contributed by atoms with Crippen LogP contribution in [0, 0.1) is 13.8 Å². The fourth-order valence-corrected chi connectivity index (χ4v) is 3.67. The standard InChI is InChI=1S/C16H17N5O3S/c1-9-12(17-15(24-9)11-3-4-25-8-11)5-20-7-14-19-18-10(2)21(14)6-13(20)16(22)23/h3-4,8,13H,5-7H2,1-2H3,(H,22,23). The number of carboxylic acids is 1. The average molecular weight is 359 g/mol. The van der Waals surface area contributed by atoms with Crippen LogP contribution >= 0.6 is 11.3 Å². The largest absolute Gasteiger partial charge is 0.480 e. The van der Waals surface area contributed by atoms with Gasteiger partial charge in [-0.15, -0.1) is 10.2 Å². The third-order valence-corrected chi connectivity index (χ3v) is 5.14. The molecule has 0 bridgehead atoms. The van der Waals surface area contributed by atoms with Crippen molar-refractivity contribution in [2.24, 2.45) is 0 Å². The zero-order chi connectivity index (χ0) is 17.6. The Balaban J connectivity index is 1.62. The van der Waals surface area contributed by atoms with Gasteiger partial charge in [-0.25, -0.2) is 4.98 Å². The summed E-state index contributed by atoms with van der Waals surface area (Å²) >= 11 is 1.58. The number of hydrogen-bond acceptors (Lipinski definition) is 7. The third-order valence-electron chi connectivity index (χ3n) is 4.45. The molecule has 0 saturated heterocycles. The van der Waals surface area contributed by atoms with E-state index in [1.807, 2.05) is 40.1 Å². The molecule has 25 heavy (non-hydrogen) atoms. The fourth-order valence-electron chi connectivity index (χ4n) is 3.04. The van der Waals surface area contributed by atoms with Gasteiger partial charge in [0.2, 0.25) is 5.89 Å². The predicted octanol–water partition coefficient (Wildman–Crippen LogP) is 2.08. The normalized spacial score (nSPS) is 17.6. The van der Waals surface area contributed by atoms with Gasteiger partial charge < -0.3 is 14.1 Å². The van der Waals surface area contributed by atoms with E-state index in [-0.39, 0.29) is 0 Å². The van der Waals surface area contributed by atoms with E-state index in [1.165, 1.54) is 0 Å². The highest BCUT2D eigenvalue weighted by molar-refractivity contribution is 7.08. The molecule has 1 unspecified atom stereocenters. The van der Waals surface area contributed by atoms with Crippen LogP contribution in [0.1, 0.15) is 23.1 Å². The molecule has 1 aliphatic heterocycles. The number of fused-ring (bicyclic) bond motifs is 1. The zero-order valence-electron chi connectivity index (χ0n) is 13.8. The maximum Gasteiger partial charge on any atom is 0.322 e. The predicted molar refractivity (Wildman–Crippen MR) is 90.0 cm³/mol. The molecule has 3 aromatic heterocycles. The van der Waals surface area contributed by atoms with Crippen molar-refractivity contribution >= 4 is 17.3 Å². The number of rotatable bonds is 4. The lowest BCUT2D eigenvalue weighted by Gasteiger charge is -2.32. The number of carboxylic acid groups (broad SMARTS) is 1. The van der Waals surface area contributed by atoms with Crippen molar-refractivity contribution in [3.8, 4) is 11.5 Å². The smallest absolute Gasteiger partial charge is 0.322 e. The van der Waals surface area contributed by atoms with Gasteiger partial charge in [0.25, 0.3) is 0 Å². The van der Waals surface area contributed by atoms with E-state index in [4.69, 9.17) is 4.42 Å². The average Bonchev–Trinajstić information content (AvgIpc) is 3.29. The molecule has 1 aliphatic rings. The first-order valence-corrected chi connectivity index (χ1v) is 8.81. The number of aryl methyl sites for hydroxylation is 2. The summed E-state index contributed by atoms with van der Waals surface area (Å²) in [6.07, 6.45) is 0. The third kappa shape index (κ3) is 2.85. The monoisotopic (exact) mass is 359 g/mol. The number of hydrogen-bond donors (Lipinski definition) is 1. The van der Waals surface area contributed by atoms with E-state index in [2.05, 4.69) is 15.2 Å². The van der Waals surface area contributed by atoms with Crippen molar-refractivity contribution in [1.29, 1.82) is 0 Å². The second-order valence-corrected chi connectivity index (χ2v) is 6.85. The van der Waals surface area contributed by atoms with Gasteiger partial charge in [-0.3, -0.25) is 9.69 Å². The summed E-state index contributed by atoms with van der Waals surface area (Å²) in [6, 6.07) is 1.30. The van der Waals surface area contributed by atoms with Crippen LogP contribution in [0.4, 0.5) is 0 Å². The van der Waals surface area contributed by atoms with Gasteiger partial charge in [0.05, 0.1) is 18.8 Å². The van der Waals surface area contributed by atoms with Gasteiger partial charge in [0.15, 0.2) is 0 Å². The van der Waals surface area contributed by atoms with Gasteiger partial charge in [-0.1, -0.05) is 0 Å². The number of aliphatic carboxylic acids is 1. The fraction of sp³-hybridized carbons (Fsp3) is 0.375. The molecule has 0 saturated carbocycles. The second kappa shape index (κ2) is 6.08. The molecular weight excluding hydrogens is 342 g/mol. The van der Waals surface area contributed by atoms with E-state index in [0.717, 1.165) is 22.9 Å². The first kappa shape index (κ1) is 16.0. The molecular formula is C16H17N5O3S. The maximum atomic E-state index is 11.7. The molecule has 1 N–H and O–H groups in total. The number of nitrogens with zero attached hydrogens (tertiary/aromatic N) is 5. The lowest BCUT2D eigenvalue weighted by molar-refractivity contribution is -0.145. The first-order chi connectivity index (χ1) is 12.0. The van der Waals surface area contributed by atoms with Gasteiger partial charge in [0, 0.05) is 17.5 Å². The van der Waals surface area contributed by atoms with E-state index in [1.54, 1.807) is 11.3 Å². The molecule has 130 valence electrons. The summed E-state index contributed by atoms with van der Waals surface area (Å²) in [5, 5.41) is 21.8. The van der Waals surface area contributed by atoms with Crippen molar-refractivity contribution < 1.29 is 14.3 Å². The van der Waals surface area contributed by atoms with Crippen LogP contribution in [0.2, 0.25) is 0 Å². The molecule has 0 spiro atoms. The van der Waals surface area contributed by atoms with Crippen molar-refractivity contribution in [3.63, 3.8) is 0 Å². The van der Waals surface area contributed by atoms with Crippen molar-refractivity contribution in [2.75, 3.05) is 0 Å². The second-order valence-electron chi connectivity index (χ2n) is 6.07. The van der Waals surface area contributed by atoms with Crippen LogP contribution in [0.5, 0.6) is 0 Å². The van der Waals surface area contributed by atoms with Crippen LogP contribution in [0.25, 0.3) is 11.5 Å². The molecule has 8 nitrogen and oxygen atoms in total. The van der Waals surface area contributed by atoms with Crippen LogP contribution in [0.15, 0.2) is 21.2 Å². The van der Waals surface area contributed by atoms with Gasteiger partial charge in [-0.05, 0) is 25.3 Å². The molecule has 4 rings (SSSR count). The highest BCUT2D eigenvalue weighted by Gasteiger charge is 2.34. The van der Waals surface area contributed by atoms with Gasteiger partial charge in [-0.2, -0.15) is 11.3 Å². The number of aromatic nitrogens is 4. The molecule has 1 atom stereocenters. The number of carbonyl (C=O) groups is 1. The van der Waals surface area contributed by atoms with Crippen LogP contribution in [-0.4, -0.2) is 41.8 Å². The summed E-state index contributed by atoms with van der Waals surface area (Å²) in [6.45, 7) is 4.82. The van der Waals surface area contributed by atoms with E-state index in [0.29, 0.717) is 31.3 Å². The highest BCUT2D eigenvalue weighted by atomic mass is 32.1. The molecule has 4 heterocycles. The molecule has 3 aromatic rings. The maximum absolute atomic E-state index is 11.7. The SMILES string of the molecule is Cc1oc(-c2ccsc2)nc1CN1Cc2nnc(C)n2CC1C(=O)O. The Hall–Kier alpha value is -2.52. The molecule has 0 radical (unpaired) electrons. The molecule has 0 aliphatic carbocycles. The number of thiophene rings is 1. The zero-order valence-corrected chi connectivity index (χ0v) is 14.7. The Labute approximate surface area is 147 Å². The minimum Gasteiger partial charge on any atom is -0.480 e. The molecule has 0 amide bonds. The highest BCUT2D eigenvalue weighted by Crippen LogP contribution is 2.26. The number of oxazole rings is 1. The molecule has 0 aromatic carbocycles. The summed E-state index contributed by atoms with van der Waals surface area (Å²) in [7, 11) is 0. The minimum atomic E-state index is -0.863. The Bertz CT molecular complexity index is 915. The van der Waals surface area contributed by atoms with Gasteiger partial charge >= 0.3 is 5.97 Å². The van der Waals surface area contributed by atoms with Crippen LogP contribution in [-0.2, 0) is 24.4 Å². The first-order valence-electron chi connectivity index (χ1n) is 7.87. The summed E-state index contributed by atoms with van der Waals surface area (Å²) in [5.74, 6) is 1.91. The van der Waals surface area contributed by atoms with Crippen LogP contribution < -0.4 is 0 Å². The van der Waals surface area contributed by atoms with Crippen molar-refractivity contribution in [3.05, 3.63) is 39.9 Å². The van der Waals surface area contributed by atoms with E-state index < -0.39 is 12.0 Å². The Morgan fingerprint density at radius 2 is 2.28 bits per heavy atom. The lowest BCUT2D eigenvalue weighted by Crippen LogP contribution is -2.47. The van der Waals surface area contributed by atoms with Gasteiger partial charge in [0.1, 0.15) is 23.5 Å². The van der Waals surface area contributed by atoms with Crippen molar-refractivity contribution in [2.45, 2.75) is 39.5 Å². The van der Waals surface area contributed by atoms with Crippen LogP contribution in [0.3, 0.4) is 0 Å². The molecule has 9 heteroatoms. The van der Waals surface area contributed by atoms with E-state index in [9.17, 15) is 9.90 Å². The minimum absolute atomic E-state index is 0.331. The molecule has 0 fully saturated rings. The topological polar surface area (TPSA) is 97.3 Å². The summed E-state index contributed by atoms with van der Waals surface area (Å²) in [5.41, 5.74) is 1.68. The summed E-state index contributed by atoms with van der Waals surface area (Å²) in [4.78, 5) is 18.2. The quantitative estimate of drug-likeness (QED) is 0.761. The Morgan fingerprint density at radius 3 is 3.00 bits per heavy atom. The lowest BCUT2D eigenvalue weighted by atomic mass is 10.1. The van der Waals surface area contributed by atoms with E-state index >= 15 is 0 Å². The Morgan fingerprint density at radius 1 is 1.44 bits per heavy atom.